The molecular formula is C17H31NO2. The summed E-state index contributed by atoms with van der Waals surface area (Å²) >= 11 is 0. The molecule has 3 rings (SSSR count). The second-order valence-electron chi connectivity index (χ2n) is 7.52. The average molecular weight is 281 g/mol. The Kier molecular flexibility index (Phi) is 4.40. The van der Waals surface area contributed by atoms with Crippen molar-refractivity contribution in [2.24, 2.45) is 5.92 Å². The van der Waals surface area contributed by atoms with Crippen molar-refractivity contribution in [2.75, 3.05) is 19.7 Å². The van der Waals surface area contributed by atoms with Crippen LogP contribution in [0.2, 0.25) is 0 Å². The van der Waals surface area contributed by atoms with Crippen LogP contribution in [0.4, 0.5) is 0 Å². The van der Waals surface area contributed by atoms with Crippen LogP contribution >= 0.6 is 0 Å². The van der Waals surface area contributed by atoms with Gasteiger partial charge in [-0.05, 0) is 25.7 Å². The highest BCUT2D eigenvalue weighted by Gasteiger charge is 2.46. The summed E-state index contributed by atoms with van der Waals surface area (Å²) in [6, 6.07) is 0. The SMILES string of the molecule is CCC1(C)CC2(CCO1)CNCC(CC1CCCC1)O2. The standard InChI is InChI=1S/C17H31NO2/c1-3-16(2)12-17(8-9-19-16)13-18-11-15(20-17)10-14-6-4-5-7-14/h14-15,18H,3-13H2,1-2H3. The lowest BCUT2D eigenvalue weighted by molar-refractivity contribution is -0.207. The molecule has 3 atom stereocenters. The molecule has 0 aromatic carbocycles. The zero-order chi connectivity index (χ0) is 14.1. The van der Waals surface area contributed by atoms with Crippen molar-refractivity contribution in [1.29, 1.82) is 0 Å². The molecule has 116 valence electrons. The van der Waals surface area contributed by atoms with Crippen LogP contribution in [0.3, 0.4) is 0 Å². The molecule has 0 bridgehead atoms. The van der Waals surface area contributed by atoms with Crippen molar-refractivity contribution in [1.82, 2.24) is 5.32 Å². The molecule has 1 saturated carbocycles. The lowest BCUT2D eigenvalue weighted by Gasteiger charge is -2.50. The Balaban J connectivity index is 1.61. The third-order valence-electron chi connectivity index (χ3n) is 5.76. The largest absolute Gasteiger partial charge is 0.375 e. The van der Waals surface area contributed by atoms with Gasteiger partial charge in [0.2, 0.25) is 0 Å². The Morgan fingerprint density at radius 3 is 2.80 bits per heavy atom. The molecule has 0 aromatic heterocycles. The molecule has 3 nitrogen and oxygen atoms in total. The molecule has 3 fully saturated rings. The minimum Gasteiger partial charge on any atom is -0.375 e. The van der Waals surface area contributed by atoms with Crippen LogP contribution in [-0.2, 0) is 9.47 Å². The van der Waals surface area contributed by atoms with E-state index in [1.807, 2.05) is 0 Å². The van der Waals surface area contributed by atoms with Crippen molar-refractivity contribution in [3.05, 3.63) is 0 Å². The third-order valence-corrected chi connectivity index (χ3v) is 5.76. The van der Waals surface area contributed by atoms with Gasteiger partial charge in [-0.25, -0.2) is 0 Å². The van der Waals surface area contributed by atoms with E-state index < -0.39 is 0 Å². The van der Waals surface area contributed by atoms with Gasteiger partial charge in [0, 0.05) is 25.9 Å². The average Bonchev–Trinajstić information content (AvgIpc) is 2.91. The molecule has 2 saturated heterocycles. The molecule has 0 radical (unpaired) electrons. The van der Waals surface area contributed by atoms with Crippen molar-refractivity contribution in [3.63, 3.8) is 0 Å². The molecule has 1 N–H and O–H groups in total. The van der Waals surface area contributed by atoms with Gasteiger partial charge < -0.3 is 14.8 Å². The molecule has 20 heavy (non-hydrogen) atoms. The lowest BCUT2D eigenvalue weighted by Crippen LogP contribution is -2.60. The van der Waals surface area contributed by atoms with Gasteiger partial charge in [0.25, 0.3) is 0 Å². The van der Waals surface area contributed by atoms with Crippen LogP contribution in [0.1, 0.15) is 65.2 Å². The predicted molar refractivity (Wildman–Crippen MR) is 80.9 cm³/mol. The Morgan fingerprint density at radius 2 is 2.05 bits per heavy atom. The minimum absolute atomic E-state index is 0.00911. The van der Waals surface area contributed by atoms with Gasteiger partial charge >= 0.3 is 0 Å². The topological polar surface area (TPSA) is 30.5 Å². The van der Waals surface area contributed by atoms with E-state index in [4.69, 9.17) is 9.47 Å². The molecule has 0 amide bonds. The summed E-state index contributed by atoms with van der Waals surface area (Å²) in [6.07, 6.45) is 10.6. The Morgan fingerprint density at radius 1 is 1.25 bits per heavy atom. The number of ether oxygens (including phenoxy) is 2. The number of hydrogen-bond acceptors (Lipinski definition) is 3. The smallest absolute Gasteiger partial charge is 0.0859 e. The molecule has 3 unspecified atom stereocenters. The Bertz CT molecular complexity index is 325. The van der Waals surface area contributed by atoms with Crippen molar-refractivity contribution in [3.8, 4) is 0 Å². The van der Waals surface area contributed by atoms with Gasteiger partial charge in [-0.3, -0.25) is 0 Å². The van der Waals surface area contributed by atoms with E-state index in [2.05, 4.69) is 19.2 Å². The zero-order valence-corrected chi connectivity index (χ0v) is 13.2. The van der Waals surface area contributed by atoms with Crippen LogP contribution in [0.5, 0.6) is 0 Å². The van der Waals surface area contributed by atoms with Gasteiger partial charge in [-0.15, -0.1) is 0 Å². The fourth-order valence-electron chi connectivity index (χ4n) is 4.43. The second-order valence-corrected chi connectivity index (χ2v) is 7.52. The van der Waals surface area contributed by atoms with Crippen molar-refractivity contribution in [2.45, 2.75) is 82.5 Å². The van der Waals surface area contributed by atoms with Crippen molar-refractivity contribution < 1.29 is 9.47 Å². The maximum atomic E-state index is 6.63. The van der Waals surface area contributed by atoms with Crippen LogP contribution in [-0.4, -0.2) is 37.0 Å². The van der Waals surface area contributed by atoms with E-state index in [0.29, 0.717) is 6.10 Å². The first-order chi connectivity index (χ1) is 9.63. The van der Waals surface area contributed by atoms with Gasteiger partial charge in [-0.2, -0.15) is 0 Å². The fraction of sp³-hybridized carbons (Fsp3) is 1.00. The third kappa shape index (κ3) is 3.20. The van der Waals surface area contributed by atoms with E-state index in [1.165, 1.54) is 32.1 Å². The van der Waals surface area contributed by atoms with Crippen LogP contribution in [0.25, 0.3) is 0 Å². The first kappa shape index (κ1) is 14.8. The minimum atomic E-state index is 0.00911. The van der Waals surface area contributed by atoms with Gasteiger partial charge in [0.05, 0.1) is 23.9 Å². The lowest BCUT2D eigenvalue weighted by atomic mass is 9.80. The zero-order valence-electron chi connectivity index (χ0n) is 13.2. The molecule has 1 aliphatic carbocycles. The maximum Gasteiger partial charge on any atom is 0.0859 e. The second kappa shape index (κ2) is 5.94. The number of nitrogens with one attached hydrogen (secondary N) is 1. The Labute approximate surface area is 123 Å². The van der Waals surface area contributed by atoms with Crippen LogP contribution in [0, 0.1) is 5.92 Å². The van der Waals surface area contributed by atoms with Gasteiger partial charge in [-0.1, -0.05) is 32.6 Å². The summed E-state index contributed by atoms with van der Waals surface area (Å²) in [5.74, 6) is 0.911. The van der Waals surface area contributed by atoms with Crippen LogP contribution in [0.15, 0.2) is 0 Å². The summed E-state index contributed by atoms with van der Waals surface area (Å²) in [4.78, 5) is 0. The number of morpholine rings is 1. The van der Waals surface area contributed by atoms with Crippen molar-refractivity contribution >= 4 is 0 Å². The molecule has 2 heterocycles. The number of hydrogen-bond donors (Lipinski definition) is 1. The molecule has 2 aliphatic heterocycles. The summed E-state index contributed by atoms with van der Waals surface area (Å²) in [5, 5.41) is 3.65. The first-order valence-electron chi connectivity index (χ1n) is 8.66. The molecule has 1 spiro atoms. The first-order valence-corrected chi connectivity index (χ1v) is 8.66. The van der Waals surface area contributed by atoms with E-state index >= 15 is 0 Å². The van der Waals surface area contributed by atoms with E-state index in [0.717, 1.165) is 44.9 Å². The van der Waals surface area contributed by atoms with Gasteiger partial charge in [0.1, 0.15) is 0 Å². The van der Waals surface area contributed by atoms with Gasteiger partial charge in [0.15, 0.2) is 0 Å². The summed E-state index contributed by atoms with van der Waals surface area (Å²) < 4.78 is 12.6. The predicted octanol–water partition coefficient (Wildman–Crippen LogP) is 3.27. The normalized spacial score (nSPS) is 43.2. The Hall–Kier alpha value is -0.120. The molecule has 0 aromatic rings. The quantitative estimate of drug-likeness (QED) is 0.861. The highest BCUT2D eigenvalue weighted by molar-refractivity contribution is 4.98. The summed E-state index contributed by atoms with van der Waals surface area (Å²) in [6.45, 7) is 7.38. The molecular weight excluding hydrogens is 250 g/mol. The van der Waals surface area contributed by atoms with E-state index in [1.54, 1.807) is 0 Å². The highest BCUT2D eigenvalue weighted by Crippen LogP contribution is 2.40. The van der Waals surface area contributed by atoms with E-state index in [-0.39, 0.29) is 11.2 Å². The molecule has 3 heteroatoms. The molecule has 3 aliphatic rings. The fourth-order valence-corrected chi connectivity index (χ4v) is 4.43. The summed E-state index contributed by atoms with van der Waals surface area (Å²) in [7, 11) is 0. The number of rotatable bonds is 3. The highest BCUT2D eigenvalue weighted by atomic mass is 16.5. The summed E-state index contributed by atoms with van der Waals surface area (Å²) in [5.41, 5.74) is 0.0414. The maximum absolute atomic E-state index is 6.63. The van der Waals surface area contributed by atoms with Crippen LogP contribution < -0.4 is 5.32 Å². The van der Waals surface area contributed by atoms with E-state index in [9.17, 15) is 0 Å². The monoisotopic (exact) mass is 281 g/mol.